The molecule has 2 heterocycles. The third-order valence-corrected chi connectivity index (χ3v) is 6.27. The quantitative estimate of drug-likeness (QED) is 0.252. The van der Waals surface area contributed by atoms with Crippen LogP contribution in [-0.2, 0) is 24.2 Å². The van der Waals surface area contributed by atoms with Crippen LogP contribution in [0.3, 0.4) is 0 Å². The lowest BCUT2D eigenvalue weighted by atomic mass is 9.99. The first kappa shape index (κ1) is 25.1. The molecule has 0 aliphatic carbocycles. The minimum Gasteiger partial charge on any atom is -0.493 e. The van der Waals surface area contributed by atoms with Gasteiger partial charge in [0.1, 0.15) is 0 Å². The van der Waals surface area contributed by atoms with Crippen LogP contribution in [0.15, 0.2) is 41.4 Å². The number of aliphatic imine (C=N–C) groups is 1. The summed E-state index contributed by atoms with van der Waals surface area (Å²) >= 11 is 0. The van der Waals surface area contributed by atoms with Crippen LogP contribution in [0, 0.1) is 0 Å². The number of fused-ring (bicyclic) bond motifs is 2. The number of hydrogen-bond acceptors (Lipinski definition) is 4. The van der Waals surface area contributed by atoms with Crippen LogP contribution in [0.25, 0.3) is 0 Å². The van der Waals surface area contributed by atoms with Gasteiger partial charge in [-0.1, -0.05) is 18.2 Å². The zero-order valence-electron chi connectivity index (χ0n) is 19.6. The summed E-state index contributed by atoms with van der Waals surface area (Å²) in [4.78, 5) is 21.3. The summed E-state index contributed by atoms with van der Waals surface area (Å²) in [5.74, 6) is 2.58. The number of hydrogen-bond donors (Lipinski definition) is 1. The Morgan fingerprint density at radius 3 is 2.45 bits per heavy atom. The molecule has 0 saturated heterocycles. The molecule has 2 aromatic rings. The first-order chi connectivity index (χ1) is 15.6. The summed E-state index contributed by atoms with van der Waals surface area (Å²) in [5.41, 5.74) is 4.84. The molecule has 8 heteroatoms. The zero-order chi connectivity index (χ0) is 22.5. The van der Waals surface area contributed by atoms with Crippen molar-refractivity contribution in [1.29, 1.82) is 0 Å². The number of carbonyl (C=O) groups is 1. The minimum atomic E-state index is 0. The lowest BCUT2D eigenvalue weighted by Gasteiger charge is -2.32. The second-order valence-electron chi connectivity index (χ2n) is 8.15. The molecule has 4 rings (SSSR count). The molecule has 2 aliphatic heterocycles. The molecule has 0 atom stereocenters. The van der Waals surface area contributed by atoms with Gasteiger partial charge < -0.3 is 24.6 Å². The second-order valence-corrected chi connectivity index (χ2v) is 8.15. The summed E-state index contributed by atoms with van der Waals surface area (Å²) in [7, 11) is 5.13. The number of nitrogens with zero attached hydrogens (tertiary/aromatic N) is 3. The van der Waals surface area contributed by atoms with Gasteiger partial charge in [-0.2, -0.15) is 0 Å². The molecule has 0 saturated carbocycles. The van der Waals surface area contributed by atoms with Crippen LogP contribution in [0.2, 0.25) is 0 Å². The van der Waals surface area contributed by atoms with E-state index >= 15 is 0 Å². The number of ether oxygens (including phenoxy) is 2. The fraction of sp³-hybridized carbons (Fsp3) is 0.440. The van der Waals surface area contributed by atoms with Gasteiger partial charge in [0.2, 0.25) is 5.91 Å². The van der Waals surface area contributed by atoms with Crippen molar-refractivity contribution in [2.45, 2.75) is 32.2 Å². The molecule has 2 aliphatic rings. The van der Waals surface area contributed by atoms with Gasteiger partial charge in [-0.05, 0) is 54.2 Å². The molecule has 0 fully saturated rings. The van der Waals surface area contributed by atoms with E-state index in [9.17, 15) is 4.79 Å². The molecule has 2 aromatic carbocycles. The highest BCUT2D eigenvalue weighted by Gasteiger charge is 2.24. The average molecular weight is 564 g/mol. The molecule has 33 heavy (non-hydrogen) atoms. The Kier molecular flexibility index (Phi) is 8.82. The Morgan fingerprint density at radius 2 is 1.73 bits per heavy atom. The topological polar surface area (TPSA) is 66.4 Å². The zero-order valence-corrected chi connectivity index (χ0v) is 21.9. The van der Waals surface area contributed by atoms with Crippen LogP contribution in [0.5, 0.6) is 11.5 Å². The van der Waals surface area contributed by atoms with Gasteiger partial charge in [-0.25, -0.2) is 0 Å². The van der Waals surface area contributed by atoms with Crippen molar-refractivity contribution in [3.8, 4) is 11.5 Å². The fourth-order valence-corrected chi connectivity index (χ4v) is 4.57. The Labute approximate surface area is 213 Å². The highest BCUT2D eigenvalue weighted by atomic mass is 127. The average Bonchev–Trinajstić information content (AvgIpc) is 3.27. The molecule has 0 radical (unpaired) electrons. The number of para-hydroxylation sites is 1. The van der Waals surface area contributed by atoms with Crippen molar-refractivity contribution in [3.63, 3.8) is 0 Å². The van der Waals surface area contributed by atoms with E-state index in [4.69, 9.17) is 9.47 Å². The van der Waals surface area contributed by atoms with E-state index in [-0.39, 0.29) is 29.9 Å². The molecule has 1 N–H and O–H groups in total. The maximum atomic E-state index is 12.7. The smallest absolute Gasteiger partial charge is 0.227 e. The summed E-state index contributed by atoms with van der Waals surface area (Å²) in [6.45, 7) is 3.14. The van der Waals surface area contributed by atoms with Crippen molar-refractivity contribution in [2.24, 2.45) is 4.99 Å². The number of amides is 1. The Bertz CT molecular complexity index is 1010. The van der Waals surface area contributed by atoms with Crippen LogP contribution in [-0.4, -0.2) is 57.7 Å². The maximum absolute atomic E-state index is 12.7. The molecule has 0 bridgehead atoms. The number of rotatable bonds is 6. The first-order valence-corrected chi connectivity index (χ1v) is 11.2. The summed E-state index contributed by atoms with van der Waals surface area (Å²) < 4.78 is 10.9. The van der Waals surface area contributed by atoms with Gasteiger partial charge in [0.15, 0.2) is 17.5 Å². The van der Waals surface area contributed by atoms with Crippen molar-refractivity contribution in [2.75, 3.05) is 45.8 Å². The van der Waals surface area contributed by atoms with Gasteiger partial charge in [0.05, 0.1) is 14.2 Å². The van der Waals surface area contributed by atoms with Gasteiger partial charge >= 0.3 is 0 Å². The predicted octanol–water partition coefficient (Wildman–Crippen LogP) is 3.62. The lowest BCUT2D eigenvalue weighted by Crippen LogP contribution is -2.44. The highest BCUT2D eigenvalue weighted by molar-refractivity contribution is 14.0. The molecule has 0 aromatic heterocycles. The van der Waals surface area contributed by atoms with Crippen molar-refractivity contribution in [3.05, 3.63) is 53.1 Å². The molecule has 7 nitrogen and oxygen atoms in total. The number of guanidine groups is 1. The third kappa shape index (κ3) is 5.54. The van der Waals surface area contributed by atoms with E-state index in [1.807, 2.05) is 23.1 Å². The largest absolute Gasteiger partial charge is 0.493 e. The monoisotopic (exact) mass is 564 g/mol. The molecular weight excluding hydrogens is 531 g/mol. The number of methoxy groups -OCH3 is 2. The highest BCUT2D eigenvalue weighted by Crippen LogP contribution is 2.33. The van der Waals surface area contributed by atoms with Crippen LogP contribution < -0.4 is 19.7 Å². The first-order valence-electron chi connectivity index (χ1n) is 11.2. The van der Waals surface area contributed by atoms with E-state index in [1.54, 1.807) is 21.3 Å². The molecule has 0 unspecified atom stereocenters. The van der Waals surface area contributed by atoms with Crippen LogP contribution >= 0.6 is 24.0 Å². The molecular formula is C25H33IN4O3. The predicted molar refractivity (Wildman–Crippen MR) is 142 cm³/mol. The molecule has 1 amide bonds. The number of anilines is 1. The maximum Gasteiger partial charge on any atom is 0.227 e. The molecule has 0 spiro atoms. The number of nitrogens with one attached hydrogen (secondary N) is 1. The Hall–Kier alpha value is -2.49. The normalized spacial score (nSPS) is 14.8. The summed E-state index contributed by atoms with van der Waals surface area (Å²) in [5, 5.41) is 3.44. The van der Waals surface area contributed by atoms with E-state index in [0.717, 1.165) is 62.0 Å². The van der Waals surface area contributed by atoms with Crippen LogP contribution in [0.1, 0.15) is 29.5 Å². The third-order valence-electron chi connectivity index (χ3n) is 6.27. The van der Waals surface area contributed by atoms with E-state index in [2.05, 4.69) is 33.4 Å². The van der Waals surface area contributed by atoms with Crippen molar-refractivity contribution in [1.82, 2.24) is 10.2 Å². The second kappa shape index (κ2) is 11.6. The van der Waals surface area contributed by atoms with E-state index in [0.29, 0.717) is 13.0 Å². The Morgan fingerprint density at radius 1 is 1.03 bits per heavy atom. The van der Waals surface area contributed by atoms with Gasteiger partial charge in [0, 0.05) is 45.3 Å². The van der Waals surface area contributed by atoms with Crippen LogP contribution in [0.4, 0.5) is 5.69 Å². The van der Waals surface area contributed by atoms with Gasteiger partial charge in [0.25, 0.3) is 0 Å². The Balaban J connectivity index is 0.00000306. The number of carbonyl (C=O) groups excluding carboxylic acids is 1. The number of benzene rings is 2. The van der Waals surface area contributed by atoms with Crippen molar-refractivity contribution < 1.29 is 14.3 Å². The van der Waals surface area contributed by atoms with Crippen molar-refractivity contribution >= 4 is 41.5 Å². The molecule has 178 valence electrons. The lowest BCUT2D eigenvalue weighted by molar-refractivity contribution is -0.118. The van der Waals surface area contributed by atoms with Gasteiger partial charge in [-0.15, -0.1) is 24.0 Å². The summed E-state index contributed by atoms with van der Waals surface area (Å²) in [6, 6.07) is 12.3. The van der Waals surface area contributed by atoms with E-state index in [1.165, 1.54) is 16.7 Å². The standard InChI is InChI=1S/C25H32N4O3.HI/c1-26-25(28-13-10-19-15-22(31-2)23(32-3)16-20(19)17-28)27-12-6-9-24(30)29-14-11-18-7-4-5-8-21(18)29;/h4-5,7-8,15-16H,6,9-14,17H2,1-3H3,(H,26,27);1H. The minimum absolute atomic E-state index is 0. The summed E-state index contributed by atoms with van der Waals surface area (Å²) in [6.07, 6.45) is 3.16. The van der Waals surface area contributed by atoms with E-state index < -0.39 is 0 Å². The number of halogens is 1. The SMILES string of the molecule is CN=C(NCCCC(=O)N1CCc2ccccc21)N1CCc2cc(OC)c(OC)cc2C1.I. The fourth-order valence-electron chi connectivity index (χ4n) is 4.57. The van der Waals surface area contributed by atoms with Gasteiger partial charge in [-0.3, -0.25) is 9.79 Å².